The molecule has 2 heterocycles. The first kappa shape index (κ1) is 23.5. The molecule has 3 aromatic rings. The molecule has 2 aliphatic rings. The van der Waals surface area contributed by atoms with E-state index in [4.69, 9.17) is 19.2 Å². The summed E-state index contributed by atoms with van der Waals surface area (Å²) in [5.41, 5.74) is 3.50. The number of urea groups is 1. The Hall–Kier alpha value is -4.20. The maximum absolute atomic E-state index is 13.0. The van der Waals surface area contributed by atoms with Gasteiger partial charge in [-0.3, -0.25) is 0 Å². The fraction of sp³-hybridized carbons (Fsp3) is 0.286. The highest BCUT2D eigenvalue weighted by atomic mass is 16.5. The Morgan fingerprint density at radius 1 is 0.889 bits per heavy atom. The Morgan fingerprint density at radius 3 is 2.44 bits per heavy atom. The van der Waals surface area contributed by atoms with Gasteiger partial charge in [-0.25, -0.2) is 9.79 Å². The minimum atomic E-state index is -0.115. The Labute approximate surface area is 211 Å². The van der Waals surface area contributed by atoms with E-state index in [0.717, 1.165) is 64.3 Å². The van der Waals surface area contributed by atoms with Crippen LogP contribution in [0.5, 0.6) is 23.0 Å². The number of hydrogen-bond donors (Lipinski definition) is 1. The molecule has 8 heteroatoms. The minimum absolute atomic E-state index is 0.115. The predicted octanol–water partition coefficient (Wildman–Crippen LogP) is 5.44. The number of aliphatic imine (C=N–C) groups is 1. The van der Waals surface area contributed by atoms with E-state index in [9.17, 15) is 4.79 Å². The Kier molecular flexibility index (Phi) is 6.66. The summed E-state index contributed by atoms with van der Waals surface area (Å²) in [7, 11) is 3.27. The van der Waals surface area contributed by atoms with Gasteiger partial charge in [-0.2, -0.15) is 0 Å². The molecule has 8 nitrogen and oxygen atoms in total. The van der Waals surface area contributed by atoms with Gasteiger partial charge >= 0.3 is 6.03 Å². The molecule has 3 aromatic carbocycles. The zero-order chi connectivity index (χ0) is 25.1. The largest absolute Gasteiger partial charge is 0.497 e. The number of hydrogen-bond acceptors (Lipinski definition) is 6. The molecule has 1 N–H and O–H groups in total. The summed E-state index contributed by atoms with van der Waals surface area (Å²) >= 11 is 0. The molecule has 2 aliphatic heterocycles. The molecular weight excluding hydrogens is 456 g/mol. The second-order valence-corrected chi connectivity index (χ2v) is 8.86. The van der Waals surface area contributed by atoms with Crippen molar-refractivity contribution in [2.24, 2.45) is 4.99 Å². The van der Waals surface area contributed by atoms with Crippen LogP contribution >= 0.6 is 0 Å². The van der Waals surface area contributed by atoms with Crippen molar-refractivity contribution in [3.05, 3.63) is 71.8 Å². The number of amidine groups is 1. The van der Waals surface area contributed by atoms with Crippen LogP contribution in [-0.2, 0) is 0 Å². The van der Waals surface area contributed by atoms with Gasteiger partial charge in [0.1, 0.15) is 28.8 Å². The molecule has 0 atom stereocenters. The second-order valence-electron chi connectivity index (χ2n) is 8.86. The number of methoxy groups -OCH3 is 2. The van der Waals surface area contributed by atoms with Gasteiger partial charge in [-0.1, -0.05) is 6.07 Å². The number of nitrogens with zero attached hydrogens (tertiary/aromatic N) is 3. The summed E-state index contributed by atoms with van der Waals surface area (Å²) in [5, 5.41) is 2.99. The smallest absolute Gasteiger partial charge is 0.321 e. The van der Waals surface area contributed by atoms with Gasteiger partial charge in [-0.15, -0.1) is 0 Å². The molecule has 36 heavy (non-hydrogen) atoms. The number of fused-ring (bicyclic) bond motifs is 2. The van der Waals surface area contributed by atoms with Gasteiger partial charge < -0.3 is 29.3 Å². The first-order valence-corrected chi connectivity index (χ1v) is 12.0. The van der Waals surface area contributed by atoms with Gasteiger partial charge in [0.05, 0.1) is 19.8 Å². The number of carbonyl (C=O) groups excluding carboxylic acids is 1. The summed E-state index contributed by atoms with van der Waals surface area (Å²) in [6.45, 7) is 4.68. The lowest BCUT2D eigenvalue weighted by Gasteiger charge is -2.25. The van der Waals surface area contributed by atoms with Crippen LogP contribution in [0.4, 0.5) is 16.2 Å². The van der Waals surface area contributed by atoms with Crippen LogP contribution in [0.1, 0.15) is 17.5 Å². The third kappa shape index (κ3) is 4.93. The Morgan fingerprint density at radius 2 is 1.67 bits per heavy atom. The van der Waals surface area contributed by atoms with Crippen molar-refractivity contribution < 1.29 is 19.0 Å². The van der Waals surface area contributed by atoms with Gasteiger partial charge in [-0.05, 0) is 73.5 Å². The maximum Gasteiger partial charge on any atom is 0.321 e. The van der Waals surface area contributed by atoms with Crippen molar-refractivity contribution >= 4 is 23.2 Å². The maximum atomic E-state index is 13.0. The second kappa shape index (κ2) is 10.2. The molecule has 0 aliphatic carbocycles. The molecule has 2 amide bonds. The van der Waals surface area contributed by atoms with Crippen molar-refractivity contribution in [3.63, 3.8) is 0 Å². The van der Waals surface area contributed by atoms with Crippen LogP contribution in [0.15, 0.2) is 65.7 Å². The number of ether oxygens (including phenoxy) is 3. The first-order chi connectivity index (χ1) is 17.5. The van der Waals surface area contributed by atoms with Gasteiger partial charge in [0.2, 0.25) is 0 Å². The van der Waals surface area contributed by atoms with E-state index in [-0.39, 0.29) is 6.03 Å². The quantitative estimate of drug-likeness (QED) is 0.534. The molecule has 0 aromatic heterocycles. The molecule has 5 rings (SSSR count). The van der Waals surface area contributed by atoms with Crippen LogP contribution in [0, 0.1) is 6.92 Å². The van der Waals surface area contributed by atoms with E-state index in [1.807, 2.05) is 72.5 Å². The number of amides is 2. The molecule has 0 radical (unpaired) electrons. The summed E-state index contributed by atoms with van der Waals surface area (Å²) in [6, 6.07) is 19.0. The van der Waals surface area contributed by atoms with E-state index in [1.54, 1.807) is 14.2 Å². The van der Waals surface area contributed by atoms with Crippen molar-refractivity contribution in [2.75, 3.05) is 45.7 Å². The molecule has 0 spiro atoms. The highest BCUT2D eigenvalue weighted by Crippen LogP contribution is 2.40. The lowest BCUT2D eigenvalue weighted by Crippen LogP contribution is -2.39. The standard InChI is InChI=1S/C28H30N4O4/c1-19-5-11-24-26(17-19)36-25-12-10-22(35-3)18-23(25)27(30-24)31-13-4-14-32(16-15-31)28(33)29-20-6-8-21(34-2)9-7-20/h5-12,17-18H,4,13-16H2,1-3H3,(H,29,33). The highest BCUT2D eigenvalue weighted by Gasteiger charge is 2.27. The minimum Gasteiger partial charge on any atom is -0.497 e. The summed E-state index contributed by atoms with van der Waals surface area (Å²) in [6.07, 6.45) is 0.815. The van der Waals surface area contributed by atoms with Crippen LogP contribution in [0.25, 0.3) is 0 Å². The number of carbonyl (C=O) groups is 1. The lowest BCUT2D eigenvalue weighted by molar-refractivity contribution is 0.214. The van der Waals surface area contributed by atoms with Gasteiger partial charge in [0, 0.05) is 31.9 Å². The van der Waals surface area contributed by atoms with Crippen LogP contribution in [0.3, 0.4) is 0 Å². The van der Waals surface area contributed by atoms with Crippen LogP contribution < -0.4 is 19.5 Å². The normalized spacial score (nSPS) is 14.9. The zero-order valence-corrected chi connectivity index (χ0v) is 20.8. The lowest BCUT2D eigenvalue weighted by atomic mass is 10.1. The molecule has 0 unspecified atom stereocenters. The summed E-state index contributed by atoms with van der Waals surface area (Å²) in [4.78, 5) is 22.1. The average Bonchev–Trinajstić information content (AvgIpc) is 3.23. The number of rotatable bonds is 3. The van der Waals surface area contributed by atoms with Crippen LogP contribution in [0.2, 0.25) is 0 Å². The number of nitrogens with one attached hydrogen (secondary N) is 1. The van der Waals surface area contributed by atoms with E-state index in [0.29, 0.717) is 19.6 Å². The molecule has 0 saturated carbocycles. The van der Waals surface area contributed by atoms with E-state index < -0.39 is 0 Å². The van der Waals surface area contributed by atoms with Crippen molar-refractivity contribution in [2.45, 2.75) is 13.3 Å². The zero-order valence-electron chi connectivity index (χ0n) is 20.8. The highest BCUT2D eigenvalue weighted by molar-refractivity contribution is 6.04. The molecule has 1 saturated heterocycles. The monoisotopic (exact) mass is 486 g/mol. The number of benzene rings is 3. The average molecular weight is 487 g/mol. The van der Waals surface area contributed by atoms with E-state index >= 15 is 0 Å². The SMILES string of the molecule is COc1ccc(NC(=O)N2CCCN(C3=Nc4ccc(C)cc4Oc4ccc(OC)cc43)CC2)cc1. The topological polar surface area (TPSA) is 75.6 Å². The summed E-state index contributed by atoms with van der Waals surface area (Å²) in [5.74, 6) is 3.77. The van der Waals surface area contributed by atoms with Crippen molar-refractivity contribution in [1.82, 2.24) is 9.80 Å². The van der Waals surface area contributed by atoms with Crippen molar-refractivity contribution in [3.8, 4) is 23.0 Å². The Bertz CT molecular complexity index is 1290. The fourth-order valence-corrected chi connectivity index (χ4v) is 4.44. The van der Waals surface area contributed by atoms with Crippen molar-refractivity contribution in [1.29, 1.82) is 0 Å². The van der Waals surface area contributed by atoms with Gasteiger partial charge in [0.15, 0.2) is 5.75 Å². The van der Waals surface area contributed by atoms with Gasteiger partial charge in [0.25, 0.3) is 0 Å². The third-order valence-electron chi connectivity index (χ3n) is 6.41. The Balaban J connectivity index is 1.38. The predicted molar refractivity (Wildman–Crippen MR) is 140 cm³/mol. The molecular formula is C28H30N4O4. The molecule has 0 bridgehead atoms. The fourth-order valence-electron chi connectivity index (χ4n) is 4.44. The summed E-state index contributed by atoms with van der Waals surface area (Å²) < 4.78 is 17.0. The molecule has 1 fully saturated rings. The number of aryl methyl sites for hydroxylation is 1. The number of anilines is 1. The van der Waals surface area contributed by atoms with E-state index in [1.165, 1.54) is 0 Å². The third-order valence-corrected chi connectivity index (χ3v) is 6.41. The molecule has 186 valence electrons. The van der Waals surface area contributed by atoms with Crippen LogP contribution in [-0.4, -0.2) is 62.1 Å². The van der Waals surface area contributed by atoms with E-state index in [2.05, 4.69) is 10.2 Å². The first-order valence-electron chi connectivity index (χ1n) is 12.0.